The molecule has 4 heteroatoms. The highest BCUT2D eigenvalue weighted by Gasteiger charge is 2.24. The monoisotopic (exact) mass is 311 g/mol. The molecule has 0 fully saturated rings. The Bertz CT molecular complexity index is 420. The normalized spacial score (nSPS) is 12.9. The fourth-order valence-electron chi connectivity index (χ4n) is 1.46. The summed E-state index contributed by atoms with van der Waals surface area (Å²) in [6, 6.07) is 7.12. The number of amides is 1. The van der Waals surface area contributed by atoms with Gasteiger partial charge in [0.2, 0.25) is 0 Å². The third-order valence-electron chi connectivity index (χ3n) is 2.87. The molecule has 0 saturated heterocycles. The van der Waals surface area contributed by atoms with Gasteiger partial charge in [-0.2, -0.15) is 0 Å². The van der Waals surface area contributed by atoms with E-state index in [1.165, 1.54) is 0 Å². The Labute approximate surface area is 116 Å². The van der Waals surface area contributed by atoms with E-state index in [9.17, 15) is 9.59 Å². The predicted molar refractivity (Wildman–Crippen MR) is 75.5 cm³/mol. The summed E-state index contributed by atoms with van der Waals surface area (Å²) in [5.41, 5.74) is 0.450. The largest absolute Gasteiger partial charge is 0.351 e. The van der Waals surface area contributed by atoms with Crippen molar-refractivity contribution in [3.8, 4) is 0 Å². The highest BCUT2D eigenvalue weighted by molar-refractivity contribution is 9.10. The first kappa shape index (κ1) is 14.9. The van der Waals surface area contributed by atoms with Crippen molar-refractivity contribution >= 4 is 28.1 Å². The number of halogens is 1. The topological polar surface area (TPSA) is 46.2 Å². The first-order chi connectivity index (χ1) is 8.34. The third-order valence-corrected chi connectivity index (χ3v) is 3.39. The molecule has 0 aromatic heterocycles. The van der Waals surface area contributed by atoms with Crippen molar-refractivity contribution in [1.29, 1.82) is 0 Å². The molecule has 0 aliphatic heterocycles. The van der Waals surface area contributed by atoms with E-state index in [0.717, 1.165) is 10.8 Å². The second-order valence-corrected chi connectivity index (χ2v) is 6.24. The minimum atomic E-state index is -0.183. The lowest BCUT2D eigenvalue weighted by atomic mass is 9.81. The number of hydrogen-bond donors (Lipinski definition) is 1. The molecule has 0 radical (unpaired) electrons. The van der Waals surface area contributed by atoms with Gasteiger partial charge in [-0.25, -0.2) is 0 Å². The molecule has 0 aliphatic rings. The number of carbonyl (C=O) groups excluding carboxylic acids is 2. The smallest absolute Gasteiger partial charge is 0.251 e. The van der Waals surface area contributed by atoms with E-state index >= 15 is 0 Å². The molecule has 1 atom stereocenters. The lowest BCUT2D eigenvalue weighted by Crippen LogP contribution is -2.36. The maximum Gasteiger partial charge on any atom is 0.251 e. The van der Waals surface area contributed by atoms with Crippen LogP contribution in [0.3, 0.4) is 0 Å². The van der Waals surface area contributed by atoms with Crippen molar-refractivity contribution in [2.75, 3.05) is 6.54 Å². The summed E-state index contributed by atoms with van der Waals surface area (Å²) < 4.78 is 0.930. The maximum absolute atomic E-state index is 11.9. The lowest BCUT2D eigenvalue weighted by Gasteiger charge is -2.25. The van der Waals surface area contributed by atoms with Crippen molar-refractivity contribution in [3.63, 3.8) is 0 Å². The fourth-order valence-corrected chi connectivity index (χ4v) is 1.73. The van der Waals surface area contributed by atoms with Crippen LogP contribution in [0.5, 0.6) is 0 Å². The van der Waals surface area contributed by atoms with Gasteiger partial charge in [0.15, 0.2) is 0 Å². The van der Waals surface area contributed by atoms with Crippen LogP contribution in [0.2, 0.25) is 0 Å². The Kier molecular flexibility index (Phi) is 5.08. The number of nitrogens with one attached hydrogen (secondary N) is 1. The number of aldehydes is 1. The van der Waals surface area contributed by atoms with E-state index in [0.29, 0.717) is 12.1 Å². The zero-order valence-corrected chi connectivity index (χ0v) is 12.5. The summed E-state index contributed by atoms with van der Waals surface area (Å²) in [4.78, 5) is 22.8. The third kappa shape index (κ3) is 4.26. The van der Waals surface area contributed by atoms with Crippen molar-refractivity contribution in [1.82, 2.24) is 5.32 Å². The molecule has 18 heavy (non-hydrogen) atoms. The van der Waals surface area contributed by atoms with Gasteiger partial charge in [0.1, 0.15) is 6.29 Å². The number of benzene rings is 1. The Hall–Kier alpha value is -1.16. The first-order valence-corrected chi connectivity index (χ1v) is 6.63. The Morgan fingerprint density at radius 3 is 2.33 bits per heavy atom. The maximum atomic E-state index is 11.9. The molecule has 0 aliphatic carbocycles. The summed E-state index contributed by atoms with van der Waals surface area (Å²) in [6.07, 6.45) is 0.905. The zero-order valence-electron chi connectivity index (χ0n) is 10.9. The van der Waals surface area contributed by atoms with Crippen LogP contribution in [0.25, 0.3) is 0 Å². The molecule has 1 aromatic carbocycles. The van der Waals surface area contributed by atoms with Gasteiger partial charge in [-0.05, 0) is 29.7 Å². The van der Waals surface area contributed by atoms with Crippen LogP contribution in [0.15, 0.2) is 28.7 Å². The van der Waals surface area contributed by atoms with Crippen LogP contribution < -0.4 is 5.32 Å². The molecule has 1 N–H and O–H groups in total. The predicted octanol–water partition coefficient (Wildman–Crippen LogP) is 3.04. The minimum absolute atomic E-state index is 0.144. The van der Waals surface area contributed by atoms with Gasteiger partial charge in [-0.1, -0.05) is 36.7 Å². The number of hydrogen-bond acceptors (Lipinski definition) is 2. The van der Waals surface area contributed by atoms with Crippen LogP contribution in [0, 0.1) is 11.3 Å². The summed E-state index contributed by atoms with van der Waals surface area (Å²) in [5, 5.41) is 2.79. The number of rotatable bonds is 4. The van der Waals surface area contributed by atoms with E-state index < -0.39 is 0 Å². The van der Waals surface area contributed by atoms with Crippen molar-refractivity contribution in [3.05, 3.63) is 34.3 Å². The molecule has 0 bridgehead atoms. The Balaban J connectivity index is 2.61. The van der Waals surface area contributed by atoms with Crippen molar-refractivity contribution in [2.24, 2.45) is 11.3 Å². The van der Waals surface area contributed by atoms with Gasteiger partial charge in [-0.3, -0.25) is 4.79 Å². The zero-order chi connectivity index (χ0) is 13.8. The summed E-state index contributed by atoms with van der Waals surface area (Å²) in [5.74, 6) is -0.338. The second kappa shape index (κ2) is 6.14. The molecule has 3 nitrogen and oxygen atoms in total. The molecule has 1 unspecified atom stereocenters. The molecule has 0 spiro atoms. The van der Waals surface area contributed by atoms with E-state index in [1.54, 1.807) is 12.1 Å². The van der Waals surface area contributed by atoms with Crippen LogP contribution in [0.4, 0.5) is 0 Å². The molecule has 1 rings (SSSR count). The molecule has 1 amide bonds. The Morgan fingerprint density at radius 2 is 1.89 bits per heavy atom. The molecule has 1 aromatic rings. The van der Waals surface area contributed by atoms with Gasteiger partial charge in [0.25, 0.3) is 5.91 Å². The van der Waals surface area contributed by atoms with Crippen LogP contribution in [-0.4, -0.2) is 18.7 Å². The second-order valence-electron chi connectivity index (χ2n) is 5.33. The van der Waals surface area contributed by atoms with Gasteiger partial charge >= 0.3 is 0 Å². The van der Waals surface area contributed by atoms with E-state index in [-0.39, 0.29) is 17.2 Å². The minimum Gasteiger partial charge on any atom is -0.351 e. The fraction of sp³-hybridized carbons (Fsp3) is 0.429. The van der Waals surface area contributed by atoms with Gasteiger partial charge in [-0.15, -0.1) is 0 Å². The van der Waals surface area contributed by atoms with Crippen LogP contribution in [-0.2, 0) is 4.79 Å². The quantitative estimate of drug-likeness (QED) is 0.869. The van der Waals surface area contributed by atoms with E-state index in [1.807, 2.05) is 32.9 Å². The van der Waals surface area contributed by atoms with Gasteiger partial charge in [0.05, 0.1) is 0 Å². The average Bonchev–Trinajstić information content (AvgIpc) is 2.28. The number of carbonyl (C=O) groups is 2. The summed E-state index contributed by atoms with van der Waals surface area (Å²) in [7, 11) is 0. The summed E-state index contributed by atoms with van der Waals surface area (Å²) in [6.45, 7) is 6.31. The molecule has 0 heterocycles. The van der Waals surface area contributed by atoms with Gasteiger partial charge in [0, 0.05) is 22.5 Å². The van der Waals surface area contributed by atoms with Gasteiger partial charge < -0.3 is 10.1 Å². The molecule has 98 valence electrons. The lowest BCUT2D eigenvalue weighted by molar-refractivity contribution is -0.113. The van der Waals surface area contributed by atoms with Crippen LogP contribution in [0.1, 0.15) is 31.1 Å². The standard InChI is InChI=1S/C14H18BrNO2/c1-14(2,3)11(9-17)8-16-13(18)10-4-6-12(15)7-5-10/h4-7,9,11H,8H2,1-3H3,(H,16,18). The highest BCUT2D eigenvalue weighted by Crippen LogP contribution is 2.23. The molecule has 0 saturated carbocycles. The first-order valence-electron chi connectivity index (χ1n) is 5.83. The Morgan fingerprint density at radius 1 is 1.33 bits per heavy atom. The summed E-state index contributed by atoms with van der Waals surface area (Å²) >= 11 is 3.32. The average molecular weight is 312 g/mol. The van der Waals surface area contributed by atoms with Crippen molar-refractivity contribution in [2.45, 2.75) is 20.8 Å². The highest BCUT2D eigenvalue weighted by atomic mass is 79.9. The van der Waals surface area contributed by atoms with E-state index in [4.69, 9.17) is 0 Å². The van der Waals surface area contributed by atoms with Crippen molar-refractivity contribution < 1.29 is 9.59 Å². The SMILES string of the molecule is CC(C)(C)C(C=O)CNC(=O)c1ccc(Br)cc1. The molecular weight excluding hydrogens is 294 g/mol. The van der Waals surface area contributed by atoms with Crippen LogP contribution >= 0.6 is 15.9 Å². The molecular formula is C14H18BrNO2. The van der Waals surface area contributed by atoms with E-state index in [2.05, 4.69) is 21.2 Å².